The van der Waals surface area contributed by atoms with Gasteiger partial charge in [-0.2, -0.15) is 0 Å². The lowest BCUT2D eigenvalue weighted by Gasteiger charge is -2.38. The van der Waals surface area contributed by atoms with Gasteiger partial charge in [0.25, 0.3) is 11.2 Å². The van der Waals surface area contributed by atoms with Crippen molar-refractivity contribution in [3.05, 3.63) is 86.1 Å². The average molecular weight is 478 g/mol. The first-order valence-corrected chi connectivity index (χ1v) is 11.3. The molecule has 0 radical (unpaired) electrons. The number of anilines is 1. The fourth-order valence-electron chi connectivity index (χ4n) is 4.98. The van der Waals surface area contributed by atoms with Crippen LogP contribution in [-0.4, -0.2) is 58.1 Å². The molecule has 1 aromatic heterocycles. The van der Waals surface area contributed by atoms with Gasteiger partial charge in [0.15, 0.2) is 0 Å². The van der Waals surface area contributed by atoms with Crippen LogP contribution in [0, 0.1) is 15.9 Å². The third kappa shape index (κ3) is 4.40. The van der Waals surface area contributed by atoms with E-state index in [1.54, 1.807) is 18.2 Å². The molecule has 10 heteroatoms. The summed E-state index contributed by atoms with van der Waals surface area (Å²) in [5.41, 5.74) is 1.72. The molecule has 5 rings (SSSR count). The van der Waals surface area contributed by atoms with Crippen LogP contribution in [0.15, 0.2) is 53.3 Å². The maximum atomic E-state index is 13.8. The molecule has 2 heterocycles. The number of non-ortho nitro benzene ring substituents is 1. The molecular formula is C25H23FN4O5. The molecule has 1 aliphatic carbocycles. The topological polar surface area (TPSA) is 120 Å². The second-order valence-electron chi connectivity index (χ2n) is 8.83. The first kappa shape index (κ1) is 22.7. The normalized spacial score (nSPS) is 18.6. The molecule has 1 unspecified atom stereocenters. The van der Waals surface area contributed by atoms with Crippen molar-refractivity contribution in [3.8, 4) is 0 Å². The fourth-order valence-corrected chi connectivity index (χ4v) is 4.98. The van der Waals surface area contributed by atoms with E-state index in [0.29, 0.717) is 5.69 Å². The third-order valence-corrected chi connectivity index (χ3v) is 6.81. The molecule has 9 nitrogen and oxygen atoms in total. The first-order chi connectivity index (χ1) is 16.8. The number of allylic oxidation sites excluding steroid dienone is 1. The number of carboxylic acid groups (broad SMARTS) is 1. The standard InChI is InChI=1S/C25H23FN4O5/c26-17-12-21-20(23(13-17)30(34)35)14-22(27-24(21)31)16-3-6-19(11-16)29-9-7-28(8-10-29)18-4-1-15(2-5-18)25(32)33/h1-2,4-5,11-14,19H,3,6-10H2,(H,27,31)(H,32,33). The summed E-state index contributed by atoms with van der Waals surface area (Å²) in [6.45, 7) is 3.26. The second-order valence-corrected chi connectivity index (χ2v) is 8.83. The van der Waals surface area contributed by atoms with Gasteiger partial charge in [-0.1, -0.05) is 6.08 Å². The van der Waals surface area contributed by atoms with Gasteiger partial charge < -0.3 is 15.0 Å². The average Bonchev–Trinajstić information content (AvgIpc) is 3.34. The van der Waals surface area contributed by atoms with Gasteiger partial charge >= 0.3 is 5.97 Å². The highest BCUT2D eigenvalue weighted by molar-refractivity contribution is 5.92. The highest BCUT2D eigenvalue weighted by Gasteiger charge is 2.27. The number of aromatic amines is 1. The number of piperazine rings is 1. The van der Waals surface area contributed by atoms with E-state index in [2.05, 4.69) is 20.9 Å². The Bertz CT molecular complexity index is 1410. The van der Waals surface area contributed by atoms with Crippen LogP contribution in [-0.2, 0) is 0 Å². The zero-order valence-electron chi connectivity index (χ0n) is 18.7. The molecular weight excluding hydrogens is 455 g/mol. The summed E-state index contributed by atoms with van der Waals surface area (Å²) in [4.78, 5) is 41.7. The maximum absolute atomic E-state index is 13.8. The van der Waals surface area contributed by atoms with Crippen molar-refractivity contribution in [2.45, 2.75) is 18.9 Å². The SMILES string of the molecule is O=C(O)c1ccc(N2CCN(C3C=C(c4cc5c([N+](=O)[O-])cc(F)cc5c(=O)[nH]4)CC3)CC2)cc1. The Labute approximate surface area is 199 Å². The molecule has 3 aromatic rings. The Morgan fingerprint density at radius 1 is 1.09 bits per heavy atom. The number of nitrogens with zero attached hydrogens (tertiary/aromatic N) is 3. The number of fused-ring (bicyclic) bond motifs is 1. The number of pyridine rings is 1. The van der Waals surface area contributed by atoms with E-state index in [9.17, 15) is 24.1 Å². The van der Waals surface area contributed by atoms with E-state index in [0.717, 1.165) is 62.4 Å². The maximum Gasteiger partial charge on any atom is 0.335 e. The van der Waals surface area contributed by atoms with Gasteiger partial charge in [0.1, 0.15) is 5.82 Å². The number of nitro groups is 1. The van der Waals surface area contributed by atoms with Crippen LogP contribution in [0.4, 0.5) is 15.8 Å². The fraction of sp³-hybridized carbons (Fsp3) is 0.280. The number of hydrogen-bond acceptors (Lipinski definition) is 6. The zero-order valence-corrected chi connectivity index (χ0v) is 18.7. The van der Waals surface area contributed by atoms with E-state index in [-0.39, 0.29) is 22.4 Å². The quantitative estimate of drug-likeness (QED) is 0.424. The van der Waals surface area contributed by atoms with Gasteiger partial charge in [0.2, 0.25) is 0 Å². The van der Waals surface area contributed by atoms with Gasteiger partial charge in [0, 0.05) is 43.6 Å². The van der Waals surface area contributed by atoms with E-state index in [1.807, 2.05) is 12.1 Å². The molecule has 180 valence electrons. The number of halogens is 1. The number of nitro benzene ring substituents is 1. The van der Waals surface area contributed by atoms with Crippen molar-refractivity contribution in [3.63, 3.8) is 0 Å². The van der Waals surface area contributed by atoms with E-state index in [1.165, 1.54) is 0 Å². The van der Waals surface area contributed by atoms with Crippen molar-refractivity contribution in [1.29, 1.82) is 0 Å². The van der Waals surface area contributed by atoms with Crippen LogP contribution in [0.5, 0.6) is 0 Å². The van der Waals surface area contributed by atoms with Crippen molar-refractivity contribution in [2.24, 2.45) is 0 Å². The minimum Gasteiger partial charge on any atom is -0.478 e. The van der Waals surface area contributed by atoms with Crippen LogP contribution in [0.2, 0.25) is 0 Å². The predicted octanol–water partition coefficient (Wildman–Crippen LogP) is 3.64. The number of rotatable bonds is 5. The monoisotopic (exact) mass is 478 g/mol. The molecule has 0 saturated carbocycles. The number of hydrogen-bond donors (Lipinski definition) is 2. The number of carbonyl (C=O) groups is 1. The minimum absolute atomic E-state index is 0.0388. The van der Waals surface area contributed by atoms with Crippen molar-refractivity contribution in [2.75, 3.05) is 31.1 Å². The number of benzene rings is 2. The van der Waals surface area contributed by atoms with E-state index >= 15 is 0 Å². The Balaban J connectivity index is 1.32. The smallest absolute Gasteiger partial charge is 0.335 e. The summed E-state index contributed by atoms with van der Waals surface area (Å²) in [7, 11) is 0. The molecule has 1 saturated heterocycles. The molecule has 2 aromatic carbocycles. The second kappa shape index (κ2) is 8.95. The molecule has 0 bridgehead atoms. The lowest BCUT2D eigenvalue weighted by atomic mass is 10.1. The van der Waals surface area contributed by atoms with Crippen LogP contribution in [0.1, 0.15) is 28.9 Å². The Morgan fingerprint density at radius 2 is 1.80 bits per heavy atom. The van der Waals surface area contributed by atoms with Crippen molar-refractivity contribution >= 4 is 33.7 Å². The summed E-state index contributed by atoms with van der Waals surface area (Å²) < 4.78 is 13.8. The van der Waals surface area contributed by atoms with Gasteiger partial charge in [-0.25, -0.2) is 9.18 Å². The molecule has 1 atom stereocenters. The number of nitrogens with one attached hydrogen (secondary N) is 1. The van der Waals surface area contributed by atoms with E-state index < -0.39 is 28.0 Å². The van der Waals surface area contributed by atoms with Gasteiger partial charge in [-0.3, -0.25) is 19.8 Å². The Morgan fingerprint density at radius 3 is 2.46 bits per heavy atom. The van der Waals surface area contributed by atoms with Crippen LogP contribution >= 0.6 is 0 Å². The molecule has 35 heavy (non-hydrogen) atoms. The lowest BCUT2D eigenvalue weighted by Crippen LogP contribution is -2.49. The van der Waals surface area contributed by atoms with Gasteiger partial charge in [-0.15, -0.1) is 0 Å². The molecule has 1 fully saturated rings. The van der Waals surface area contributed by atoms with Crippen LogP contribution < -0.4 is 10.5 Å². The number of aromatic carboxylic acids is 1. The number of aromatic nitrogens is 1. The molecule has 2 aliphatic rings. The van der Waals surface area contributed by atoms with Crippen LogP contribution in [0.25, 0.3) is 16.3 Å². The summed E-state index contributed by atoms with van der Waals surface area (Å²) in [6, 6.07) is 10.5. The predicted molar refractivity (Wildman–Crippen MR) is 129 cm³/mol. The zero-order chi connectivity index (χ0) is 24.7. The lowest BCUT2D eigenvalue weighted by molar-refractivity contribution is -0.383. The van der Waals surface area contributed by atoms with Crippen LogP contribution in [0.3, 0.4) is 0 Å². The highest BCUT2D eigenvalue weighted by Crippen LogP contribution is 2.33. The van der Waals surface area contributed by atoms with Crippen molar-refractivity contribution < 1.29 is 19.2 Å². The summed E-state index contributed by atoms with van der Waals surface area (Å²) in [5.74, 6) is -1.76. The highest BCUT2D eigenvalue weighted by atomic mass is 19.1. The Hall–Kier alpha value is -4.05. The van der Waals surface area contributed by atoms with Gasteiger partial charge in [-0.05, 0) is 54.8 Å². The van der Waals surface area contributed by atoms with Crippen molar-refractivity contribution in [1.82, 2.24) is 9.88 Å². The molecule has 0 amide bonds. The number of carboxylic acids is 1. The van der Waals surface area contributed by atoms with E-state index in [4.69, 9.17) is 5.11 Å². The minimum atomic E-state index is -0.945. The van der Waals surface area contributed by atoms with Gasteiger partial charge in [0.05, 0.1) is 27.3 Å². The summed E-state index contributed by atoms with van der Waals surface area (Å²) >= 11 is 0. The number of H-pyrrole nitrogens is 1. The Kier molecular flexibility index (Phi) is 5.81. The first-order valence-electron chi connectivity index (χ1n) is 11.3. The summed E-state index contributed by atoms with van der Waals surface area (Å²) in [5, 5.41) is 20.6. The molecule has 0 spiro atoms. The third-order valence-electron chi connectivity index (χ3n) is 6.81. The summed E-state index contributed by atoms with van der Waals surface area (Å²) in [6.07, 6.45) is 3.69. The molecule has 2 N–H and O–H groups in total. The largest absolute Gasteiger partial charge is 0.478 e. The molecule has 1 aliphatic heterocycles.